The maximum atomic E-state index is 5.73. The van der Waals surface area contributed by atoms with E-state index in [9.17, 15) is 0 Å². The van der Waals surface area contributed by atoms with Crippen LogP contribution in [0.2, 0.25) is 0 Å². The minimum absolute atomic E-state index is 0.463. The molecule has 0 amide bonds. The predicted molar refractivity (Wildman–Crippen MR) is 72.1 cm³/mol. The minimum atomic E-state index is 0.463. The molecule has 3 unspecified atom stereocenters. The van der Waals surface area contributed by atoms with Crippen LogP contribution in [0.4, 0.5) is 5.82 Å². The van der Waals surface area contributed by atoms with Crippen LogP contribution >= 0.6 is 0 Å². The van der Waals surface area contributed by atoms with Crippen LogP contribution in [0.5, 0.6) is 0 Å². The molecule has 0 spiro atoms. The van der Waals surface area contributed by atoms with Crippen LogP contribution in [0.1, 0.15) is 31.4 Å². The summed E-state index contributed by atoms with van der Waals surface area (Å²) in [6.07, 6.45) is 9.25. The topological polar surface area (TPSA) is 55.0 Å². The Morgan fingerprint density at radius 1 is 1.28 bits per heavy atom. The molecule has 0 saturated heterocycles. The van der Waals surface area contributed by atoms with Gasteiger partial charge in [-0.05, 0) is 37.0 Å². The van der Waals surface area contributed by atoms with E-state index < -0.39 is 0 Å². The molecular formula is C14H22N4. The largest absolute Gasteiger partial charge is 0.358 e. The maximum Gasteiger partial charge on any atom is 0.151 e. The molecule has 1 heterocycles. The number of fused-ring (bicyclic) bond motifs is 2. The highest BCUT2D eigenvalue weighted by Crippen LogP contribution is 2.48. The summed E-state index contributed by atoms with van der Waals surface area (Å²) in [5, 5.41) is 0. The van der Waals surface area contributed by atoms with Crippen LogP contribution in [0, 0.1) is 17.8 Å². The third-order valence-corrected chi connectivity index (χ3v) is 4.70. The van der Waals surface area contributed by atoms with Gasteiger partial charge < -0.3 is 10.6 Å². The second-order valence-corrected chi connectivity index (χ2v) is 5.85. The highest BCUT2D eigenvalue weighted by atomic mass is 15.2. The van der Waals surface area contributed by atoms with Crippen LogP contribution in [0.25, 0.3) is 0 Å². The molecule has 2 bridgehead atoms. The van der Waals surface area contributed by atoms with Gasteiger partial charge in [-0.2, -0.15) is 0 Å². The van der Waals surface area contributed by atoms with Crippen molar-refractivity contribution in [3.05, 3.63) is 18.1 Å². The zero-order valence-electron chi connectivity index (χ0n) is 11.0. The van der Waals surface area contributed by atoms with E-state index in [-0.39, 0.29) is 0 Å². The number of rotatable bonds is 4. The average molecular weight is 246 g/mol. The summed E-state index contributed by atoms with van der Waals surface area (Å²) in [7, 11) is 2.12. The normalized spacial score (nSPS) is 29.8. The number of aromatic nitrogens is 2. The lowest BCUT2D eigenvalue weighted by molar-refractivity contribution is 0.337. The van der Waals surface area contributed by atoms with Crippen LogP contribution in [-0.2, 0) is 6.54 Å². The zero-order valence-corrected chi connectivity index (χ0v) is 11.0. The molecule has 3 atom stereocenters. The monoisotopic (exact) mass is 246 g/mol. The number of nitrogens with zero attached hydrogens (tertiary/aromatic N) is 3. The summed E-state index contributed by atoms with van der Waals surface area (Å²) in [5.74, 6) is 3.77. The Morgan fingerprint density at radius 2 is 2.11 bits per heavy atom. The highest BCUT2D eigenvalue weighted by Gasteiger charge is 2.39. The third-order valence-electron chi connectivity index (χ3n) is 4.70. The summed E-state index contributed by atoms with van der Waals surface area (Å²) < 4.78 is 0. The first kappa shape index (κ1) is 11.9. The van der Waals surface area contributed by atoms with Gasteiger partial charge in [-0.25, -0.2) is 4.98 Å². The molecular weight excluding hydrogens is 224 g/mol. The van der Waals surface area contributed by atoms with Gasteiger partial charge in [0.25, 0.3) is 0 Å². The molecule has 2 N–H and O–H groups in total. The van der Waals surface area contributed by atoms with E-state index in [2.05, 4.69) is 21.9 Å². The second-order valence-electron chi connectivity index (χ2n) is 5.85. The van der Waals surface area contributed by atoms with E-state index in [1.807, 2.05) is 0 Å². The Bertz CT molecular complexity index is 420. The number of nitrogens with two attached hydrogens (primary N) is 1. The first-order chi connectivity index (χ1) is 8.78. The summed E-state index contributed by atoms with van der Waals surface area (Å²) in [6, 6.07) is 0. The van der Waals surface area contributed by atoms with Crippen molar-refractivity contribution < 1.29 is 0 Å². The molecule has 4 nitrogen and oxygen atoms in total. The molecule has 2 saturated carbocycles. The summed E-state index contributed by atoms with van der Waals surface area (Å²) in [5.41, 5.74) is 6.63. The number of hydrogen-bond donors (Lipinski definition) is 1. The maximum absolute atomic E-state index is 5.73. The minimum Gasteiger partial charge on any atom is -0.358 e. The van der Waals surface area contributed by atoms with Crippen molar-refractivity contribution in [2.75, 3.05) is 18.5 Å². The van der Waals surface area contributed by atoms with Gasteiger partial charge in [0, 0.05) is 32.5 Å². The van der Waals surface area contributed by atoms with Gasteiger partial charge in [-0.15, -0.1) is 0 Å². The van der Waals surface area contributed by atoms with Crippen molar-refractivity contribution >= 4 is 5.82 Å². The Labute approximate surface area is 109 Å². The van der Waals surface area contributed by atoms with Crippen LogP contribution in [-0.4, -0.2) is 23.6 Å². The van der Waals surface area contributed by atoms with Gasteiger partial charge >= 0.3 is 0 Å². The van der Waals surface area contributed by atoms with Gasteiger partial charge in [-0.3, -0.25) is 4.98 Å². The van der Waals surface area contributed by atoms with E-state index in [1.54, 1.807) is 12.4 Å². The van der Waals surface area contributed by atoms with Crippen molar-refractivity contribution in [2.24, 2.45) is 23.5 Å². The molecule has 0 aromatic carbocycles. The van der Waals surface area contributed by atoms with Crippen LogP contribution in [0.3, 0.4) is 0 Å². The second kappa shape index (κ2) is 4.84. The third kappa shape index (κ3) is 2.09. The van der Waals surface area contributed by atoms with Crippen LogP contribution in [0.15, 0.2) is 12.4 Å². The smallest absolute Gasteiger partial charge is 0.151 e. The Balaban J connectivity index is 1.69. The van der Waals surface area contributed by atoms with E-state index in [4.69, 9.17) is 5.73 Å². The molecule has 2 fully saturated rings. The first-order valence-electron chi connectivity index (χ1n) is 6.99. The fourth-order valence-corrected chi connectivity index (χ4v) is 3.86. The average Bonchev–Trinajstić information content (AvgIpc) is 3.01. The van der Waals surface area contributed by atoms with E-state index >= 15 is 0 Å². The molecule has 18 heavy (non-hydrogen) atoms. The fraction of sp³-hybridized carbons (Fsp3) is 0.714. The van der Waals surface area contributed by atoms with Crippen molar-refractivity contribution in [2.45, 2.75) is 32.2 Å². The van der Waals surface area contributed by atoms with Gasteiger partial charge in [0.1, 0.15) is 0 Å². The quantitative estimate of drug-likeness (QED) is 0.880. The molecule has 2 aliphatic carbocycles. The van der Waals surface area contributed by atoms with Gasteiger partial charge in [0.15, 0.2) is 5.82 Å². The summed E-state index contributed by atoms with van der Waals surface area (Å²) in [6.45, 7) is 1.57. The van der Waals surface area contributed by atoms with Crippen LogP contribution < -0.4 is 10.6 Å². The van der Waals surface area contributed by atoms with E-state index in [0.29, 0.717) is 6.54 Å². The Morgan fingerprint density at radius 3 is 2.78 bits per heavy atom. The summed E-state index contributed by atoms with van der Waals surface area (Å²) in [4.78, 5) is 11.0. The molecule has 0 aliphatic heterocycles. The van der Waals surface area contributed by atoms with Crippen molar-refractivity contribution in [1.82, 2.24) is 9.97 Å². The van der Waals surface area contributed by atoms with Crippen molar-refractivity contribution in [1.29, 1.82) is 0 Å². The van der Waals surface area contributed by atoms with Gasteiger partial charge in [-0.1, -0.05) is 6.42 Å². The Hall–Kier alpha value is -1.16. The van der Waals surface area contributed by atoms with Gasteiger partial charge in [0.05, 0.1) is 5.69 Å². The van der Waals surface area contributed by atoms with E-state index in [1.165, 1.54) is 25.7 Å². The number of hydrogen-bond acceptors (Lipinski definition) is 4. The molecule has 1 aromatic rings. The zero-order chi connectivity index (χ0) is 12.5. The standard InChI is InChI=1S/C14H22N4/c1-18(14-13(8-15)16-4-5-17-14)9-12-7-10-2-3-11(12)6-10/h4-5,10-12H,2-3,6-9,15H2,1H3. The first-order valence-corrected chi connectivity index (χ1v) is 6.99. The number of anilines is 1. The predicted octanol–water partition coefficient (Wildman–Crippen LogP) is 1.81. The lowest BCUT2D eigenvalue weighted by atomic mass is 9.88. The molecule has 4 heteroatoms. The summed E-state index contributed by atoms with van der Waals surface area (Å²) >= 11 is 0. The van der Waals surface area contributed by atoms with Crippen molar-refractivity contribution in [3.8, 4) is 0 Å². The molecule has 98 valence electrons. The lowest BCUT2D eigenvalue weighted by Crippen LogP contribution is -2.30. The molecule has 0 radical (unpaired) electrons. The molecule has 2 aliphatic rings. The van der Waals surface area contributed by atoms with E-state index in [0.717, 1.165) is 35.8 Å². The van der Waals surface area contributed by atoms with Gasteiger partial charge in [0.2, 0.25) is 0 Å². The fourth-order valence-electron chi connectivity index (χ4n) is 3.86. The van der Waals surface area contributed by atoms with Crippen molar-refractivity contribution in [3.63, 3.8) is 0 Å². The lowest BCUT2D eigenvalue weighted by Gasteiger charge is -2.28. The highest BCUT2D eigenvalue weighted by molar-refractivity contribution is 5.42. The Kier molecular flexibility index (Phi) is 3.20. The molecule has 3 rings (SSSR count). The molecule has 1 aromatic heterocycles. The SMILES string of the molecule is CN(CC1CC2CCC1C2)c1nccnc1CN.